The number of ether oxygens (including phenoxy) is 1. The van der Waals surface area contributed by atoms with Gasteiger partial charge in [0.2, 0.25) is 0 Å². The van der Waals surface area contributed by atoms with Crippen LogP contribution in [0, 0.1) is 5.92 Å². The Morgan fingerprint density at radius 2 is 2.14 bits per heavy atom. The van der Waals surface area contributed by atoms with Crippen molar-refractivity contribution in [1.29, 1.82) is 0 Å². The number of benzene rings is 1. The molecule has 1 aliphatic heterocycles. The molecule has 4 nitrogen and oxygen atoms in total. The van der Waals surface area contributed by atoms with E-state index >= 15 is 0 Å². The fourth-order valence-electron chi connectivity index (χ4n) is 3.27. The lowest BCUT2D eigenvalue weighted by atomic mass is 9.94. The van der Waals surface area contributed by atoms with Crippen LogP contribution in [0.2, 0.25) is 0 Å². The van der Waals surface area contributed by atoms with E-state index in [4.69, 9.17) is 4.74 Å². The van der Waals surface area contributed by atoms with Gasteiger partial charge in [0.05, 0.1) is 7.11 Å². The minimum Gasteiger partial charge on any atom is -0.468 e. The molecule has 0 radical (unpaired) electrons. The molecule has 114 valence electrons. The molecule has 0 unspecified atom stereocenters. The van der Waals surface area contributed by atoms with Gasteiger partial charge in [0, 0.05) is 12.5 Å². The third-order valence-corrected chi connectivity index (χ3v) is 4.44. The summed E-state index contributed by atoms with van der Waals surface area (Å²) < 4.78 is 4.99. The van der Waals surface area contributed by atoms with E-state index in [1.54, 1.807) is 0 Å². The van der Waals surface area contributed by atoms with E-state index in [0.717, 1.165) is 25.7 Å². The predicted octanol–water partition coefficient (Wildman–Crippen LogP) is 2.59. The van der Waals surface area contributed by atoms with Crippen molar-refractivity contribution in [3.05, 3.63) is 35.9 Å². The SMILES string of the molecule is COC(=O)[C@@H]1[C@H](CCC=O)CCN1[C@@H](C)c1ccccc1. The van der Waals surface area contributed by atoms with Crippen LogP contribution in [0.5, 0.6) is 0 Å². The zero-order valence-electron chi connectivity index (χ0n) is 12.7. The molecule has 0 N–H and O–H groups in total. The summed E-state index contributed by atoms with van der Waals surface area (Å²) in [4.78, 5) is 25.0. The smallest absolute Gasteiger partial charge is 0.323 e. The third-order valence-electron chi connectivity index (χ3n) is 4.44. The van der Waals surface area contributed by atoms with Crippen LogP contribution in [0.3, 0.4) is 0 Å². The zero-order valence-corrected chi connectivity index (χ0v) is 12.7. The Morgan fingerprint density at radius 1 is 1.43 bits per heavy atom. The number of rotatable bonds is 6. The molecule has 1 aromatic carbocycles. The van der Waals surface area contributed by atoms with Crippen molar-refractivity contribution in [2.24, 2.45) is 5.92 Å². The van der Waals surface area contributed by atoms with E-state index in [9.17, 15) is 9.59 Å². The van der Waals surface area contributed by atoms with Crippen molar-refractivity contribution in [2.75, 3.05) is 13.7 Å². The molecule has 1 fully saturated rings. The van der Waals surface area contributed by atoms with E-state index in [2.05, 4.69) is 24.0 Å². The Balaban J connectivity index is 2.17. The molecule has 1 saturated heterocycles. The first-order chi connectivity index (χ1) is 10.2. The highest BCUT2D eigenvalue weighted by Crippen LogP contribution is 2.35. The molecule has 3 atom stereocenters. The van der Waals surface area contributed by atoms with E-state index in [-0.39, 0.29) is 24.0 Å². The standard InChI is InChI=1S/C17H23NO3/c1-13(14-7-4-3-5-8-14)18-11-10-15(9-6-12-19)16(18)17(20)21-2/h3-5,7-8,12-13,15-16H,6,9-11H2,1-2H3/t13-,15+,16-/m0/s1. The van der Waals surface area contributed by atoms with Gasteiger partial charge in [-0.2, -0.15) is 0 Å². The average molecular weight is 289 g/mol. The highest BCUT2D eigenvalue weighted by molar-refractivity contribution is 5.76. The predicted molar refractivity (Wildman–Crippen MR) is 80.8 cm³/mol. The maximum absolute atomic E-state index is 12.2. The number of carbonyl (C=O) groups excluding carboxylic acids is 2. The minimum atomic E-state index is -0.245. The third kappa shape index (κ3) is 3.50. The van der Waals surface area contributed by atoms with Gasteiger partial charge in [0.15, 0.2) is 0 Å². The van der Waals surface area contributed by atoms with Crippen LogP contribution in [-0.4, -0.2) is 36.9 Å². The lowest BCUT2D eigenvalue weighted by Crippen LogP contribution is -2.41. The average Bonchev–Trinajstić information content (AvgIpc) is 2.96. The Bertz CT molecular complexity index is 474. The normalized spacial score (nSPS) is 23.7. The summed E-state index contributed by atoms with van der Waals surface area (Å²) in [6.45, 7) is 2.98. The highest BCUT2D eigenvalue weighted by atomic mass is 16.5. The number of methoxy groups -OCH3 is 1. The first-order valence-corrected chi connectivity index (χ1v) is 7.51. The van der Waals surface area contributed by atoms with Crippen LogP contribution in [0.15, 0.2) is 30.3 Å². The quantitative estimate of drug-likeness (QED) is 0.596. The van der Waals surface area contributed by atoms with Gasteiger partial charge in [0.1, 0.15) is 12.3 Å². The number of hydrogen-bond acceptors (Lipinski definition) is 4. The van der Waals surface area contributed by atoms with Crippen molar-refractivity contribution in [1.82, 2.24) is 4.90 Å². The van der Waals surface area contributed by atoms with Crippen molar-refractivity contribution in [2.45, 2.75) is 38.3 Å². The summed E-state index contributed by atoms with van der Waals surface area (Å²) in [6.07, 6.45) is 3.12. The summed E-state index contributed by atoms with van der Waals surface area (Å²) in [5, 5.41) is 0. The van der Waals surface area contributed by atoms with Crippen molar-refractivity contribution < 1.29 is 14.3 Å². The summed E-state index contributed by atoms with van der Waals surface area (Å²) in [6, 6.07) is 10.1. The summed E-state index contributed by atoms with van der Waals surface area (Å²) in [7, 11) is 1.43. The number of nitrogens with zero attached hydrogens (tertiary/aromatic N) is 1. The second kappa shape index (κ2) is 7.36. The molecular formula is C17H23NO3. The monoisotopic (exact) mass is 289 g/mol. The molecule has 1 heterocycles. The van der Waals surface area contributed by atoms with Gasteiger partial charge in [-0.1, -0.05) is 30.3 Å². The number of aldehydes is 1. The summed E-state index contributed by atoms with van der Waals surface area (Å²) in [5.41, 5.74) is 1.20. The molecule has 0 aromatic heterocycles. The fraction of sp³-hybridized carbons (Fsp3) is 0.529. The van der Waals surface area contributed by atoms with Gasteiger partial charge < -0.3 is 9.53 Å². The molecule has 0 aliphatic carbocycles. The van der Waals surface area contributed by atoms with Gasteiger partial charge in [-0.25, -0.2) is 0 Å². The molecular weight excluding hydrogens is 266 g/mol. The number of likely N-dealkylation sites (tertiary alicyclic amines) is 1. The number of esters is 1. The van der Waals surface area contributed by atoms with Crippen LogP contribution in [0.4, 0.5) is 0 Å². The Hall–Kier alpha value is -1.68. The van der Waals surface area contributed by atoms with Crippen LogP contribution in [-0.2, 0) is 14.3 Å². The second-order valence-corrected chi connectivity index (χ2v) is 5.59. The van der Waals surface area contributed by atoms with Crippen LogP contribution >= 0.6 is 0 Å². The molecule has 0 bridgehead atoms. The van der Waals surface area contributed by atoms with E-state index < -0.39 is 0 Å². The van der Waals surface area contributed by atoms with Gasteiger partial charge >= 0.3 is 5.97 Å². The number of carbonyl (C=O) groups is 2. The largest absolute Gasteiger partial charge is 0.468 e. The van der Waals surface area contributed by atoms with Gasteiger partial charge in [-0.3, -0.25) is 9.69 Å². The lowest BCUT2D eigenvalue weighted by molar-refractivity contribution is -0.148. The molecule has 21 heavy (non-hydrogen) atoms. The van der Waals surface area contributed by atoms with Crippen LogP contribution in [0.1, 0.15) is 37.8 Å². The first kappa shape index (κ1) is 15.7. The first-order valence-electron chi connectivity index (χ1n) is 7.51. The highest BCUT2D eigenvalue weighted by Gasteiger charge is 2.41. The molecule has 4 heteroatoms. The molecule has 1 aliphatic rings. The van der Waals surface area contributed by atoms with Gasteiger partial charge in [-0.05, 0) is 37.8 Å². The van der Waals surface area contributed by atoms with Gasteiger partial charge in [0.25, 0.3) is 0 Å². The second-order valence-electron chi connectivity index (χ2n) is 5.59. The Labute approximate surface area is 126 Å². The maximum atomic E-state index is 12.2. The van der Waals surface area contributed by atoms with Crippen molar-refractivity contribution in [3.8, 4) is 0 Å². The molecule has 1 aromatic rings. The van der Waals surface area contributed by atoms with E-state index in [1.165, 1.54) is 12.7 Å². The Morgan fingerprint density at radius 3 is 2.76 bits per heavy atom. The fourth-order valence-corrected chi connectivity index (χ4v) is 3.27. The molecule has 0 spiro atoms. The van der Waals surface area contributed by atoms with E-state index in [0.29, 0.717) is 6.42 Å². The maximum Gasteiger partial charge on any atom is 0.323 e. The van der Waals surface area contributed by atoms with Crippen LogP contribution < -0.4 is 0 Å². The Kier molecular flexibility index (Phi) is 5.51. The molecule has 0 amide bonds. The van der Waals surface area contributed by atoms with Crippen molar-refractivity contribution >= 4 is 12.3 Å². The van der Waals surface area contributed by atoms with Crippen molar-refractivity contribution in [3.63, 3.8) is 0 Å². The topological polar surface area (TPSA) is 46.6 Å². The number of hydrogen-bond donors (Lipinski definition) is 0. The molecule has 2 rings (SSSR count). The minimum absolute atomic E-state index is 0.163. The zero-order chi connectivity index (χ0) is 15.2. The van der Waals surface area contributed by atoms with E-state index in [1.807, 2.05) is 18.2 Å². The molecule has 0 saturated carbocycles. The summed E-state index contributed by atoms with van der Waals surface area (Å²) >= 11 is 0. The lowest BCUT2D eigenvalue weighted by Gasteiger charge is -2.31. The van der Waals surface area contributed by atoms with Gasteiger partial charge in [-0.15, -0.1) is 0 Å². The van der Waals surface area contributed by atoms with Crippen LogP contribution in [0.25, 0.3) is 0 Å². The summed E-state index contributed by atoms with van der Waals surface area (Å²) in [5.74, 6) is 0.0139.